The Morgan fingerprint density at radius 2 is 1.60 bits per heavy atom. The zero-order valence-electron chi connectivity index (χ0n) is 12.9. The monoisotopic (exact) mass is 417 g/mol. The minimum Gasteiger partial charge on any atom is -0.309 e. The highest BCUT2D eigenvalue weighted by Crippen LogP contribution is 3.02. The maximum absolute atomic E-state index is 14.0. The van der Waals surface area contributed by atoms with Crippen LogP contribution in [0.1, 0.15) is 19.4 Å². The molecule has 0 fully saturated rings. The summed E-state index contributed by atoms with van der Waals surface area (Å²) >= 11 is 0. The molecule has 0 saturated carbocycles. The predicted molar refractivity (Wildman–Crippen MR) is 79.0 cm³/mol. The van der Waals surface area contributed by atoms with E-state index in [1.165, 1.54) is 13.8 Å². The number of benzene rings is 1. The fourth-order valence-corrected chi connectivity index (χ4v) is 4.26. The molecule has 0 bridgehead atoms. The van der Waals surface area contributed by atoms with Crippen molar-refractivity contribution in [3.05, 3.63) is 33.6 Å². The lowest BCUT2D eigenvalue weighted by Gasteiger charge is -2.40. The summed E-state index contributed by atoms with van der Waals surface area (Å²) in [6.07, 6.45) is -1.09. The summed E-state index contributed by atoms with van der Waals surface area (Å²) in [5.74, 6) is -1.96. The Bertz CT molecular complexity index is 731. The van der Waals surface area contributed by atoms with Gasteiger partial charge in [0.25, 0.3) is 5.69 Å². The van der Waals surface area contributed by atoms with Crippen LogP contribution in [0.3, 0.4) is 0 Å². The molecule has 0 amide bonds. The van der Waals surface area contributed by atoms with Crippen molar-refractivity contribution < 1.29 is 42.4 Å². The molecule has 0 aromatic heterocycles. The third kappa shape index (κ3) is 5.59. The normalized spacial score (nSPS) is 15.5. The molecule has 0 heterocycles. The minimum absolute atomic E-state index is 0.198. The molecule has 0 saturated heterocycles. The zero-order chi connectivity index (χ0) is 19.7. The SMILES string of the molecule is CCOP(=O)(Cc1c(F)cc(S(F)(F)(F)(F)F)cc1[N+](=O)[O-])OCC. The second-order valence-electron chi connectivity index (χ2n) is 4.73. The fourth-order valence-electron chi connectivity index (χ4n) is 1.86. The molecular formula is C11H14F6NO5PS. The van der Waals surface area contributed by atoms with E-state index >= 15 is 0 Å². The van der Waals surface area contributed by atoms with Crippen LogP contribution < -0.4 is 0 Å². The highest BCUT2D eigenvalue weighted by Gasteiger charge is 2.66. The van der Waals surface area contributed by atoms with E-state index in [0.29, 0.717) is 0 Å². The molecule has 0 aliphatic carbocycles. The quantitative estimate of drug-likeness (QED) is 0.219. The number of halogens is 6. The van der Waals surface area contributed by atoms with Crippen LogP contribution in [0.5, 0.6) is 0 Å². The maximum Gasteiger partial charge on any atom is 0.335 e. The molecular weight excluding hydrogens is 403 g/mol. The summed E-state index contributed by atoms with van der Waals surface area (Å²) < 4.78 is 99.8. The molecule has 14 heteroatoms. The first-order valence-electron chi connectivity index (χ1n) is 6.62. The van der Waals surface area contributed by atoms with Gasteiger partial charge in [-0.3, -0.25) is 14.7 Å². The van der Waals surface area contributed by atoms with Crippen molar-refractivity contribution in [3.8, 4) is 0 Å². The molecule has 0 N–H and O–H groups in total. The molecule has 0 spiro atoms. The van der Waals surface area contributed by atoms with Crippen molar-refractivity contribution in [1.82, 2.24) is 0 Å². The van der Waals surface area contributed by atoms with E-state index in [1.807, 2.05) is 0 Å². The van der Waals surface area contributed by atoms with Crippen molar-refractivity contribution in [2.24, 2.45) is 0 Å². The zero-order valence-corrected chi connectivity index (χ0v) is 14.6. The van der Waals surface area contributed by atoms with Gasteiger partial charge in [-0.15, -0.1) is 0 Å². The summed E-state index contributed by atoms with van der Waals surface area (Å²) in [6.45, 7) is 2.37. The van der Waals surface area contributed by atoms with Crippen LogP contribution >= 0.6 is 17.8 Å². The van der Waals surface area contributed by atoms with Gasteiger partial charge in [-0.05, 0) is 19.9 Å². The summed E-state index contributed by atoms with van der Waals surface area (Å²) in [6, 6.07) is -1.05. The van der Waals surface area contributed by atoms with Crippen LogP contribution in [0.15, 0.2) is 17.0 Å². The molecule has 1 rings (SSSR count). The second kappa shape index (κ2) is 6.15. The maximum atomic E-state index is 14.0. The smallest absolute Gasteiger partial charge is 0.309 e. The van der Waals surface area contributed by atoms with E-state index < -0.39 is 63.0 Å². The lowest BCUT2D eigenvalue weighted by atomic mass is 10.2. The van der Waals surface area contributed by atoms with Crippen molar-refractivity contribution in [3.63, 3.8) is 0 Å². The number of hydrogen-bond donors (Lipinski definition) is 0. The molecule has 6 nitrogen and oxygen atoms in total. The molecule has 0 aliphatic heterocycles. The van der Waals surface area contributed by atoms with E-state index in [4.69, 9.17) is 9.05 Å². The van der Waals surface area contributed by atoms with Gasteiger partial charge in [0.05, 0.1) is 29.9 Å². The van der Waals surface area contributed by atoms with Gasteiger partial charge in [0.15, 0.2) is 0 Å². The Labute approximate surface area is 138 Å². The van der Waals surface area contributed by atoms with E-state index in [9.17, 15) is 38.5 Å². The fraction of sp³-hybridized carbons (Fsp3) is 0.455. The molecule has 0 unspecified atom stereocenters. The number of hydrogen-bond acceptors (Lipinski definition) is 5. The number of rotatable bonds is 8. The lowest BCUT2D eigenvalue weighted by Crippen LogP contribution is -2.10. The number of nitro groups is 1. The van der Waals surface area contributed by atoms with Gasteiger partial charge in [0.2, 0.25) is 0 Å². The molecule has 0 radical (unpaired) electrons. The first-order valence-corrected chi connectivity index (χ1v) is 10.3. The average molecular weight is 417 g/mol. The van der Waals surface area contributed by atoms with Crippen LogP contribution in [0.25, 0.3) is 0 Å². The van der Waals surface area contributed by atoms with Crippen LogP contribution in [-0.2, 0) is 19.8 Å². The molecule has 146 valence electrons. The van der Waals surface area contributed by atoms with Crippen molar-refractivity contribution in [1.29, 1.82) is 0 Å². The third-order valence-electron chi connectivity index (χ3n) is 2.79. The summed E-state index contributed by atoms with van der Waals surface area (Å²) in [7, 11) is -14.5. The number of nitrogens with zero attached hydrogens (tertiary/aromatic N) is 1. The lowest BCUT2D eigenvalue weighted by molar-refractivity contribution is -0.385. The highest BCUT2D eigenvalue weighted by molar-refractivity contribution is 8.45. The summed E-state index contributed by atoms with van der Waals surface area (Å²) in [4.78, 5) is 6.70. The Morgan fingerprint density at radius 3 is 1.96 bits per heavy atom. The average Bonchev–Trinajstić information content (AvgIpc) is 2.38. The van der Waals surface area contributed by atoms with Gasteiger partial charge in [0, 0.05) is 6.07 Å². The van der Waals surface area contributed by atoms with Gasteiger partial charge in [-0.1, -0.05) is 19.4 Å². The van der Waals surface area contributed by atoms with Crippen LogP contribution in [0.2, 0.25) is 0 Å². The van der Waals surface area contributed by atoms with Crippen molar-refractivity contribution in [2.75, 3.05) is 13.2 Å². The Morgan fingerprint density at radius 1 is 1.12 bits per heavy atom. The molecule has 0 aliphatic rings. The van der Waals surface area contributed by atoms with E-state index in [1.54, 1.807) is 0 Å². The second-order valence-corrected chi connectivity index (χ2v) is 9.20. The topological polar surface area (TPSA) is 78.7 Å². The predicted octanol–water partition coefficient (Wildman–Crippen LogP) is 6.16. The first-order chi connectivity index (χ1) is 11.0. The van der Waals surface area contributed by atoms with Gasteiger partial charge in [-0.2, -0.15) is 0 Å². The Balaban J connectivity index is 3.59. The van der Waals surface area contributed by atoms with Crippen molar-refractivity contribution >= 4 is 23.5 Å². The van der Waals surface area contributed by atoms with Gasteiger partial charge in [-0.25, -0.2) is 4.39 Å². The largest absolute Gasteiger partial charge is 0.335 e. The van der Waals surface area contributed by atoms with E-state index in [0.717, 1.165) is 0 Å². The molecule has 1 aromatic rings. The van der Waals surface area contributed by atoms with E-state index in [-0.39, 0.29) is 13.2 Å². The van der Waals surface area contributed by atoms with E-state index in [2.05, 4.69) is 0 Å². The minimum atomic E-state index is -10.3. The van der Waals surface area contributed by atoms with Gasteiger partial charge >= 0.3 is 17.8 Å². The first kappa shape index (κ1) is 21.7. The number of nitro benzene ring substituents is 1. The standard InChI is InChI=1S/C11H14F6NO5PS/c1-3-22-24(21,23-4-2)7-9-10(12)5-8(6-11(9)18(19)20)25(13,14,15,16)17/h5-6H,3-4,7H2,1-2H3. The summed E-state index contributed by atoms with van der Waals surface area (Å²) in [5, 5.41) is 10.9. The Hall–Kier alpha value is -1.30. The summed E-state index contributed by atoms with van der Waals surface area (Å²) in [5.41, 5.74) is -2.68. The van der Waals surface area contributed by atoms with Crippen LogP contribution in [0.4, 0.5) is 29.5 Å². The third-order valence-corrected chi connectivity index (χ3v) is 5.92. The van der Waals surface area contributed by atoms with Crippen LogP contribution in [0, 0.1) is 15.9 Å². The molecule has 0 atom stereocenters. The molecule has 25 heavy (non-hydrogen) atoms. The van der Waals surface area contributed by atoms with Crippen molar-refractivity contribution in [2.45, 2.75) is 24.9 Å². The highest BCUT2D eigenvalue weighted by atomic mass is 32.5. The van der Waals surface area contributed by atoms with Gasteiger partial charge < -0.3 is 9.05 Å². The van der Waals surface area contributed by atoms with Crippen LogP contribution in [-0.4, -0.2) is 18.1 Å². The Kier molecular flexibility index (Phi) is 5.35. The van der Waals surface area contributed by atoms with Gasteiger partial charge in [0.1, 0.15) is 10.7 Å². The molecule has 1 aromatic carbocycles.